The molecule has 2 N–H and O–H groups in total. The summed E-state index contributed by atoms with van der Waals surface area (Å²) >= 11 is 0. The van der Waals surface area contributed by atoms with Crippen LogP contribution < -0.4 is 10.6 Å². The molecule has 3 aromatic rings. The third-order valence-electron chi connectivity index (χ3n) is 5.20. The van der Waals surface area contributed by atoms with E-state index in [2.05, 4.69) is 16.2 Å². The molecule has 2 aromatic heterocycles. The first-order chi connectivity index (χ1) is 13.1. The van der Waals surface area contributed by atoms with Crippen molar-refractivity contribution in [2.45, 2.75) is 25.5 Å². The fourth-order valence-corrected chi connectivity index (χ4v) is 3.86. The van der Waals surface area contributed by atoms with Crippen molar-refractivity contribution in [1.82, 2.24) is 10.1 Å². The van der Waals surface area contributed by atoms with Gasteiger partial charge in [-0.3, -0.25) is 9.88 Å². The van der Waals surface area contributed by atoms with Crippen LogP contribution in [0.3, 0.4) is 0 Å². The Morgan fingerprint density at radius 2 is 2.04 bits per heavy atom. The molecule has 0 saturated carbocycles. The molecule has 0 unspecified atom stereocenters. The van der Waals surface area contributed by atoms with Crippen molar-refractivity contribution in [3.8, 4) is 22.5 Å². The van der Waals surface area contributed by atoms with Crippen LogP contribution >= 0.6 is 0 Å². The number of hydrogen-bond donors (Lipinski definition) is 1. The van der Waals surface area contributed by atoms with E-state index in [9.17, 15) is 4.79 Å². The number of hydrogen-bond acceptors (Lipinski definition) is 6. The van der Waals surface area contributed by atoms with Crippen molar-refractivity contribution < 1.29 is 14.1 Å². The first-order valence-electron chi connectivity index (χ1n) is 8.87. The average Bonchev–Trinajstić information content (AvgIpc) is 3.36. The number of anilines is 1. The maximum absolute atomic E-state index is 12.1. The summed E-state index contributed by atoms with van der Waals surface area (Å²) in [4.78, 5) is 18.4. The largest absolute Gasteiger partial charge is 0.442 e. The predicted molar refractivity (Wildman–Crippen MR) is 99.2 cm³/mol. The minimum atomic E-state index is -0.309. The Bertz CT molecular complexity index is 1030. The van der Waals surface area contributed by atoms with Gasteiger partial charge in [-0.05, 0) is 42.7 Å². The molecule has 7 nitrogen and oxygen atoms in total. The van der Waals surface area contributed by atoms with E-state index >= 15 is 0 Å². The Labute approximate surface area is 155 Å². The summed E-state index contributed by atoms with van der Waals surface area (Å²) in [6.45, 7) is 2.19. The lowest BCUT2D eigenvalue weighted by Gasteiger charge is -2.14. The van der Waals surface area contributed by atoms with E-state index in [0.717, 1.165) is 45.9 Å². The summed E-state index contributed by atoms with van der Waals surface area (Å²) in [5, 5.41) is 3.99. The number of benzene rings is 1. The number of amides is 1. The number of fused-ring (bicyclic) bond motifs is 3. The Morgan fingerprint density at radius 1 is 1.19 bits per heavy atom. The number of nitrogens with zero attached hydrogens (tertiary/aromatic N) is 3. The van der Waals surface area contributed by atoms with Gasteiger partial charge in [0.25, 0.3) is 0 Å². The average molecular weight is 362 g/mol. The van der Waals surface area contributed by atoms with Gasteiger partial charge in [0.15, 0.2) is 0 Å². The van der Waals surface area contributed by atoms with Crippen molar-refractivity contribution in [2.75, 3.05) is 11.4 Å². The quantitative estimate of drug-likeness (QED) is 0.770. The van der Waals surface area contributed by atoms with E-state index in [1.54, 1.807) is 4.90 Å². The van der Waals surface area contributed by atoms with Crippen LogP contribution in [0, 0.1) is 6.92 Å². The first-order valence-corrected chi connectivity index (χ1v) is 8.87. The minimum Gasteiger partial charge on any atom is -0.442 e. The van der Waals surface area contributed by atoms with Gasteiger partial charge in [0.1, 0.15) is 17.6 Å². The van der Waals surface area contributed by atoms with Gasteiger partial charge in [0, 0.05) is 24.4 Å². The van der Waals surface area contributed by atoms with Crippen LogP contribution in [0.2, 0.25) is 0 Å². The molecule has 27 heavy (non-hydrogen) atoms. The second-order valence-corrected chi connectivity index (χ2v) is 6.90. The predicted octanol–water partition coefficient (Wildman–Crippen LogP) is 2.92. The SMILES string of the molecule is Cc1cc(-c2ccc(-c3ccc4c(c3)C[C@H]3[C@H](CN)OC(=O)N43)cn2)no1. The molecular weight excluding hydrogens is 344 g/mol. The van der Waals surface area contributed by atoms with Crippen LogP contribution in [-0.2, 0) is 11.2 Å². The Morgan fingerprint density at radius 3 is 2.74 bits per heavy atom. The number of ether oxygens (including phenoxy) is 1. The number of aromatic nitrogens is 2. The Hall–Kier alpha value is -3.19. The van der Waals surface area contributed by atoms with Crippen molar-refractivity contribution in [3.05, 3.63) is 53.9 Å². The fraction of sp³-hybridized carbons (Fsp3) is 0.250. The molecule has 1 aromatic carbocycles. The molecule has 0 radical (unpaired) electrons. The molecule has 1 saturated heterocycles. The van der Waals surface area contributed by atoms with Crippen LogP contribution in [0.5, 0.6) is 0 Å². The number of carbonyl (C=O) groups excluding carboxylic acids is 1. The number of cyclic esters (lactones) is 1. The van der Waals surface area contributed by atoms with E-state index in [1.807, 2.05) is 43.5 Å². The molecule has 1 amide bonds. The van der Waals surface area contributed by atoms with Crippen LogP contribution in [0.15, 0.2) is 47.1 Å². The zero-order valence-corrected chi connectivity index (χ0v) is 14.8. The topological polar surface area (TPSA) is 94.5 Å². The van der Waals surface area contributed by atoms with E-state index in [0.29, 0.717) is 6.54 Å². The normalized spacial score (nSPS) is 20.5. The van der Waals surface area contributed by atoms with Gasteiger partial charge in [0.2, 0.25) is 0 Å². The Kier molecular flexibility index (Phi) is 3.51. The Balaban J connectivity index is 1.45. The van der Waals surface area contributed by atoms with Crippen LogP contribution in [-0.4, -0.2) is 34.9 Å². The second kappa shape index (κ2) is 5.92. The van der Waals surface area contributed by atoms with Gasteiger partial charge in [-0.2, -0.15) is 0 Å². The number of pyridine rings is 1. The van der Waals surface area contributed by atoms with Crippen molar-refractivity contribution in [3.63, 3.8) is 0 Å². The standard InChI is InChI=1S/C20H18N4O3/c1-11-6-16(23-27-11)15-4-2-13(10-22-15)12-3-5-17-14(7-12)8-18-19(9-21)26-20(25)24(17)18/h2-7,10,18-19H,8-9,21H2,1H3/t18-,19-/m0/s1. The molecule has 136 valence electrons. The zero-order chi connectivity index (χ0) is 18.5. The maximum Gasteiger partial charge on any atom is 0.415 e. The third-order valence-corrected chi connectivity index (χ3v) is 5.20. The van der Waals surface area contributed by atoms with Crippen molar-refractivity contribution in [1.29, 1.82) is 0 Å². The first kappa shape index (κ1) is 16.0. The van der Waals surface area contributed by atoms with E-state index < -0.39 is 0 Å². The fourth-order valence-electron chi connectivity index (χ4n) is 3.86. The number of aryl methyl sites for hydroxylation is 1. The minimum absolute atomic E-state index is 0.0105. The maximum atomic E-state index is 12.1. The lowest BCUT2D eigenvalue weighted by Crippen LogP contribution is -2.37. The molecule has 7 heteroatoms. The van der Waals surface area contributed by atoms with Gasteiger partial charge in [0.05, 0.1) is 17.4 Å². The van der Waals surface area contributed by atoms with E-state index in [-0.39, 0.29) is 18.2 Å². The monoisotopic (exact) mass is 362 g/mol. The number of rotatable bonds is 3. The van der Waals surface area contributed by atoms with Crippen LogP contribution in [0.4, 0.5) is 10.5 Å². The molecule has 0 aliphatic carbocycles. The van der Waals surface area contributed by atoms with Gasteiger partial charge in [-0.1, -0.05) is 17.3 Å². The van der Waals surface area contributed by atoms with Gasteiger partial charge in [-0.15, -0.1) is 0 Å². The summed E-state index contributed by atoms with van der Waals surface area (Å²) in [6.07, 6.45) is 2.02. The highest BCUT2D eigenvalue weighted by atomic mass is 16.6. The second-order valence-electron chi connectivity index (χ2n) is 6.90. The highest BCUT2D eigenvalue weighted by Crippen LogP contribution is 2.40. The molecule has 2 aliphatic heterocycles. The molecule has 1 fully saturated rings. The molecule has 4 heterocycles. The number of carbonyl (C=O) groups is 1. The van der Waals surface area contributed by atoms with Gasteiger partial charge >= 0.3 is 6.09 Å². The molecule has 2 atom stereocenters. The number of nitrogens with two attached hydrogens (primary N) is 1. The summed E-state index contributed by atoms with van der Waals surface area (Å²) in [5.74, 6) is 0.754. The molecular formula is C20H18N4O3. The molecule has 0 bridgehead atoms. The van der Waals surface area contributed by atoms with Crippen LogP contribution in [0.25, 0.3) is 22.5 Å². The van der Waals surface area contributed by atoms with Crippen LogP contribution in [0.1, 0.15) is 11.3 Å². The smallest absolute Gasteiger partial charge is 0.415 e. The van der Waals surface area contributed by atoms with Gasteiger partial charge < -0.3 is 15.0 Å². The summed E-state index contributed by atoms with van der Waals surface area (Å²) < 4.78 is 10.5. The summed E-state index contributed by atoms with van der Waals surface area (Å²) in [5.41, 5.74) is 11.3. The van der Waals surface area contributed by atoms with Gasteiger partial charge in [-0.25, -0.2) is 4.79 Å². The zero-order valence-electron chi connectivity index (χ0n) is 14.8. The highest BCUT2D eigenvalue weighted by Gasteiger charge is 2.46. The highest BCUT2D eigenvalue weighted by molar-refractivity contribution is 5.94. The third kappa shape index (κ3) is 2.50. The van der Waals surface area contributed by atoms with Crippen molar-refractivity contribution in [2.24, 2.45) is 5.73 Å². The molecule has 5 rings (SSSR count). The summed E-state index contributed by atoms with van der Waals surface area (Å²) in [7, 11) is 0. The molecule has 0 spiro atoms. The van der Waals surface area contributed by atoms with Crippen molar-refractivity contribution >= 4 is 11.8 Å². The summed E-state index contributed by atoms with van der Waals surface area (Å²) in [6, 6.07) is 11.9. The van der Waals surface area contributed by atoms with E-state index in [4.69, 9.17) is 15.0 Å². The molecule has 2 aliphatic rings. The lowest BCUT2D eigenvalue weighted by atomic mass is 10.0. The van der Waals surface area contributed by atoms with E-state index in [1.165, 1.54) is 0 Å². The lowest BCUT2D eigenvalue weighted by molar-refractivity contribution is 0.135.